The first kappa shape index (κ1) is 25.5. The number of carbonyl (C=O) groups is 1. The maximum absolute atomic E-state index is 13.7. The minimum Gasteiger partial charge on any atom is -0.390 e. The van der Waals surface area contributed by atoms with Gasteiger partial charge in [0.05, 0.1) is 18.1 Å². The van der Waals surface area contributed by atoms with Gasteiger partial charge in [-0.25, -0.2) is 8.78 Å². The number of hydrogen-bond acceptors (Lipinski definition) is 3. The molecule has 0 aliphatic carbocycles. The van der Waals surface area contributed by atoms with Crippen LogP contribution in [0.5, 0.6) is 0 Å². The molecule has 0 aliphatic heterocycles. The number of nitrogens with one attached hydrogen (secondary N) is 2. The van der Waals surface area contributed by atoms with Crippen LogP contribution in [-0.4, -0.2) is 29.7 Å². The third-order valence-corrected chi connectivity index (χ3v) is 5.95. The van der Waals surface area contributed by atoms with Gasteiger partial charge in [-0.15, -0.1) is 0 Å². The summed E-state index contributed by atoms with van der Waals surface area (Å²) >= 11 is 0. The van der Waals surface area contributed by atoms with Gasteiger partial charge in [-0.1, -0.05) is 61.5 Å². The third-order valence-electron chi connectivity index (χ3n) is 5.95. The van der Waals surface area contributed by atoms with Gasteiger partial charge in [0.2, 0.25) is 5.91 Å². The standard InChI is InChI=1S/C28H32F2N2O2/c1-3-20-8-7-9-21(12-20)17-31-18-27(33)26(15-22-13-24(29)16-25(30)14-22)32-28(34)19(2)23-10-5-4-6-11-23/h4-14,16,19,26-27,31,33H,3,15,17-18H2,1-2H3,(H,32,34)/t19?,26-,27-/m0/s1. The molecule has 3 aromatic carbocycles. The zero-order valence-corrected chi connectivity index (χ0v) is 19.6. The minimum atomic E-state index is -0.965. The van der Waals surface area contributed by atoms with Gasteiger partial charge in [0.25, 0.3) is 0 Å². The van der Waals surface area contributed by atoms with Gasteiger partial charge in [-0.05, 0) is 54.2 Å². The fraction of sp³-hybridized carbons (Fsp3) is 0.321. The van der Waals surface area contributed by atoms with E-state index in [-0.39, 0.29) is 18.9 Å². The topological polar surface area (TPSA) is 61.4 Å². The van der Waals surface area contributed by atoms with Crippen molar-refractivity contribution >= 4 is 5.91 Å². The number of aryl methyl sites for hydroxylation is 1. The first-order valence-corrected chi connectivity index (χ1v) is 11.6. The molecule has 3 rings (SSSR count). The number of aliphatic hydroxyl groups excluding tert-OH is 1. The summed E-state index contributed by atoms with van der Waals surface area (Å²) in [5, 5.41) is 17.0. The zero-order valence-electron chi connectivity index (χ0n) is 19.6. The van der Waals surface area contributed by atoms with Crippen molar-refractivity contribution in [3.05, 3.63) is 107 Å². The molecule has 6 heteroatoms. The normalized spacial score (nSPS) is 13.8. The summed E-state index contributed by atoms with van der Waals surface area (Å²) in [7, 11) is 0. The van der Waals surface area contributed by atoms with Crippen molar-refractivity contribution in [2.75, 3.05) is 6.54 Å². The van der Waals surface area contributed by atoms with Gasteiger partial charge >= 0.3 is 0 Å². The minimum absolute atomic E-state index is 0.0933. The molecule has 0 heterocycles. The maximum Gasteiger partial charge on any atom is 0.227 e. The van der Waals surface area contributed by atoms with Crippen molar-refractivity contribution in [1.29, 1.82) is 0 Å². The molecule has 3 N–H and O–H groups in total. The molecule has 180 valence electrons. The number of aliphatic hydroxyl groups is 1. The number of hydrogen-bond donors (Lipinski definition) is 3. The van der Waals surface area contributed by atoms with Crippen molar-refractivity contribution in [2.45, 2.75) is 51.3 Å². The Bertz CT molecular complexity index is 1050. The summed E-state index contributed by atoms with van der Waals surface area (Å²) in [6.45, 7) is 4.64. The number of amides is 1. The second-order valence-corrected chi connectivity index (χ2v) is 8.60. The predicted molar refractivity (Wildman–Crippen MR) is 130 cm³/mol. The van der Waals surface area contributed by atoms with E-state index in [1.165, 1.54) is 17.7 Å². The van der Waals surface area contributed by atoms with Gasteiger partial charge in [-0.2, -0.15) is 0 Å². The van der Waals surface area contributed by atoms with Gasteiger partial charge in [-0.3, -0.25) is 4.79 Å². The number of benzene rings is 3. The highest BCUT2D eigenvalue weighted by Gasteiger charge is 2.25. The monoisotopic (exact) mass is 466 g/mol. The van der Waals surface area contributed by atoms with Crippen molar-refractivity contribution in [3.63, 3.8) is 0 Å². The third kappa shape index (κ3) is 7.47. The molecule has 0 saturated heterocycles. The molecular weight excluding hydrogens is 434 g/mol. The van der Waals surface area contributed by atoms with Crippen LogP contribution >= 0.6 is 0 Å². The maximum atomic E-state index is 13.7. The Morgan fingerprint density at radius 3 is 2.26 bits per heavy atom. The Labute approximate surface area is 200 Å². The smallest absolute Gasteiger partial charge is 0.227 e. The van der Waals surface area contributed by atoms with E-state index in [0.717, 1.165) is 23.6 Å². The van der Waals surface area contributed by atoms with Crippen LogP contribution in [0, 0.1) is 11.6 Å². The second-order valence-electron chi connectivity index (χ2n) is 8.60. The Hall–Kier alpha value is -3.09. The molecule has 1 unspecified atom stereocenters. The SMILES string of the molecule is CCc1cccc(CNC[C@H](O)[C@H](Cc2cc(F)cc(F)c2)NC(=O)C(C)c2ccccc2)c1. The van der Waals surface area contributed by atoms with E-state index in [2.05, 4.69) is 29.7 Å². The van der Waals surface area contributed by atoms with Crippen molar-refractivity contribution in [2.24, 2.45) is 0 Å². The fourth-order valence-corrected chi connectivity index (χ4v) is 3.93. The fourth-order valence-electron chi connectivity index (χ4n) is 3.93. The first-order chi connectivity index (χ1) is 16.4. The molecule has 4 nitrogen and oxygen atoms in total. The van der Waals surface area contributed by atoms with Gasteiger partial charge in [0.15, 0.2) is 0 Å². The summed E-state index contributed by atoms with van der Waals surface area (Å²) < 4.78 is 27.5. The number of carbonyl (C=O) groups excluding carboxylic acids is 1. The second kappa shape index (κ2) is 12.4. The lowest BCUT2D eigenvalue weighted by Gasteiger charge is -2.26. The molecule has 0 fully saturated rings. The zero-order chi connectivity index (χ0) is 24.5. The Morgan fingerprint density at radius 1 is 0.912 bits per heavy atom. The molecule has 0 radical (unpaired) electrons. The summed E-state index contributed by atoms with van der Waals surface area (Å²) in [6, 6.07) is 20.0. The highest BCUT2D eigenvalue weighted by atomic mass is 19.1. The Kier molecular flexibility index (Phi) is 9.31. The van der Waals surface area contributed by atoms with Crippen molar-refractivity contribution in [1.82, 2.24) is 10.6 Å². The predicted octanol–water partition coefficient (Wildman–Crippen LogP) is 4.51. The average Bonchev–Trinajstić information content (AvgIpc) is 2.83. The van der Waals surface area contributed by atoms with Crippen LogP contribution in [0.15, 0.2) is 72.8 Å². The van der Waals surface area contributed by atoms with Gasteiger partial charge in [0, 0.05) is 19.2 Å². The molecule has 0 aliphatic rings. The molecule has 0 spiro atoms. The molecular formula is C28H32F2N2O2. The molecule has 34 heavy (non-hydrogen) atoms. The lowest BCUT2D eigenvalue weighted by atomic mass is 9.97. The van der Waals surface area contributed by atoms with E-state index >= 15 is 0 Å². The molecule has 0 saturated carbocycles. The average molecular weight is 467 g/mol. The van der Waals surface area contributed by atoms with Crippen molar-refractivity contribution < 1.29 is 18.7 Å². The summed E-state index contributed by atoms with van der Waals surface area (Å²) in [6.07, 6.45) is 0.0670. The molecule has 1 amide bonds. The van der Waals surface area contributed by atoms with E-state index in [1.807, 2.05) is 42.5 Å². The highest BCUT2D eigenvalue weighted by molar-refractivity contribution is 5.83. The van der Waals surface area contributed by atoms with Crippen LogP contribution in [0.2, 0.25) is 0 Å². The molecule has 3 atom stereocenters. The quantitative estimate of drug-likeness (QED) is 0.390. The van der Waals surface area contributed by atoms with Gasteiger partial charge < -0.3 is 15.7 Å². The Balaban J connectivity index is 1.69. The van der Waals surface area contributed by atoms with Crippen LogP contribution in [0.3, 0.4) is 0 Å². The molecule has 3 aromatic rings. The van der Waals surface area contributed by atoms with Crippen LogP contribution in [0.1, 0.15) is 42.0 Å². The molecule has 0 bridgehead atoms. The summed E-state index contributed by atoms with van der Waals surface area (Å²) in [5.74, 6) is -2.09. The lowest BCUT2D eigenvalue weighted by molar-refractivity contribution is -0.123. The van der Waals surface area contributed by atoms with E-state index in [9.17, 15) is 18.7 Å². The van der Waals surface area contributed by atoms with Gasteiger partial charge in [0.1, 0.15) is 11.6 Å². The van der Waals surface area contributed by atoms with E-state index in [4.69, 9.17) is 0 Å². The summed E-state index contributed by atoms with van der Waals surface area (Å²) in [4.78, 5) is 13.0. The summed E-state index contributed by atoms with van der Waals surface area (Å²) in [5.41, 5.74) is 3.54. The number of rotatable bonds is 11. The van der Waals surface area contributed by atoms with E-state index < -0.39 is 29.7 Å². The largest absolute Gasteiger partial charge is 0.390 e. The molecule has 0 aromatic heterocycles. The number of halogens is 2. The van der Waals surface area contributed by atoms with Crippen molar-refractivity contribution in [3.8, 4) is 0 Å². The lowest BCUT2D eigenvalue weighted by Crippen LogP contribution is -2.49. The van der Waals surface area contributed by atoms with Crippen LogP contribution < -0.4 is 10.6 Å². The highest BCUT2D eigenvalue weighted by Crippen LogP contribution is 2.17. The Morgan fingerprint density at radius 2 is 1.59 bits per heavy atom. The van der Waals surface area contributed by atoms with Crippen LogP contribution in [0.4, 0.5) is 8.78 Å². The van der Waals surface area contributed by atoms with E-state index in [1.54, 1.807) is 6.92 Å². The van der Waals surface area contributed by atoms with E-state index in [0.29, 0.717) is 12.1 Å². The van der Waals surface area contributed by atoms with Crippen LogP contribution in [-0.2, 0) is 24.2 Å². The van der Waals surface area contributed by atoms with Crippen LogP contribution in [0.25, 0.3) is 0 Å². The first-order valence-electron chi connectivity index (χ1n) is 11.6.